The SMILES string of the molecule is CCCC(=O)[O-].CCCC(=O)[O-].CCCC(=O)[O-].[N+3]. The Labute approximate surface area is 114 Å². The van der Waals surface area contributed by atoms with Crippen LogP contribution in [0.2, 0.25) is 0 Å². The van der Waals surface area contributed by atoms with Gasteiger partial charge in [-0.2, -0.15) is 0 Å². The van der Waals surface area contributed by atoms with Gasteiger partial charge in [0.15, 0.2) is 0 Å². The molecule has 0 spiro atoms. The summed E-state index contributed by atoms with van der Waals surface area (Å²) in [6, 6.07) is 0. The number of hydrogen-bond acceptors (Lipinski definition) is 6. The molecular formula is C12H21NO6. The summed E-state index contributed by atoms with van der Waals surface area (Å²) in [5.74, 6) is -2.88. The largest absolute Gasteiger partial charge is 3.00 e. The van der Waals surface area contributed by atoms with Gasteiger partial charge < -0.3 is 29.7 Å². The van der Waals surface area contributed by atoms with E-state index >= 15 is 0 Å². The molecule has 7 nitrogen and oxygen atoms in total. The molecule has 0 aromatic heterocycles. The molecule has 0 amide bonds. The van der Waals surface area contributed by atoms with Crippen LogP contribution in [-0.4, -0.2) is 17.9 Å². The lowest BCUT2D eigenvalue weighted by Crippen LogP contribution is -2.20. The number of carboxylic acids is 3. The van der Waals surface area contributed by atoms with Crippen molar-refractivity contribution in [2.24, 2.45) is 0 Å². The second kappa shape index (κ2) is 21.4. The van der Waals surface area contributed by atoms with Crippen LogP contribution in [0, 0.1) is 0 Å². The molecule has 110 valence electrons. The van der Waals surface area contributed by atoms with Crippen LogP contribution >= 0.6 is 0 Å². The van der Waals surface area contributed by atoms with Gasteiger partial charge in [-0.15, -0.1) is 0 Å². The molecule has 0 saturated heterocycles. The lowest BCUT2D eigenvalue weighted by Gasteiger charge is -1.92. The highest BCUT2D eigenvalue weighted by Crippen LogP contribution is 1.80. The van der Waals surface area contributed by atoms with Crippen molar-refractivity contribution in [3.63, 3.8) is 0 Å². The summed E-state index contributed by atoms with van der Waals surface area (Å²) >= 11 is 0. The summed E-state index contributed by atoms with van der Waals surface area (Å²) in [7, 11) is 0. The van der Waals surface area contributed by atoms with Crippen molar-refractivity contribution in [1.29, 1.82) is 0 Å². The van der Waals surface area contributed by atoms with Crippen molar-refractivity contribution < 1.29 is 29.7 Å². The minimum Gasteiger partial charge on any atom is -0.550 e. The van der Waals surface area contributed by atoms with Crippen LogP contribution in [0.1, 0.15) is 59.3 Å². The minimum atomic E-state index is -0.961. The van der Waals surface area contributed by atoms with Crippen LogP contribution in [0.4, 0.5) is 0 Å². The van der Waals surface area contributed by atoms with Crippen LogP contribution in [0.5, 0.6) is 0 Å². The van der Waals surface area contributed by atoms with Gasteiger partial charge in [0.05, 0.1) is 0 Å². The van der Waals surface area contributed by atoms with Crippen LogP contribution in [-0.2, 0) is 14.4 Å². The summed E-state index contributed by atoms with van der Waals surface area (Å²) in [6.07, 6.45) is 2.55. The van der Waals surface area contributed by atoms with Gasteiger partial charge in [0.2, 0.25) is 0 Å². The van der Waals surface area contributed by atoms with Gasteiger partial charge in [-0.1, -0.05) is 40.0 Å². The Morgan fingerprint density at radius 1 is 0.632 bits per heavy atom. The molecule has 0 heterocycles. The lowest BCUT2D eigenvalue weighted by atomic mass is 10.4. The Bertz CT molecular complexity index is 192. The summed E-state index contributed by atoms with van der Waals surface area (Å²) in [5, 5.41) is 28.5. The number of carbonyl (C=O) groups excluding carboxylic acids is 3. The number of carboxylic acid groups (broad SMARTS) is 3. The van der Waals surface area contributed by atoms with Gasteiger partial charge in [-0.3, -0.25) is 0 Å². The van der Waals surface area contributed by atoms with Crippen LogP contribution in [0.15, 0.2) is 0 Å². The Morgan fingerprint density at radius 2 is 0.789 bits per heavy atom. The van der Waals surface area contributed by atoms with Crippen LogP contribution in [0.3, 0.4) is 0 Å². The van der Waals surface area contributed by atoms with Crippen LogP contribution < -0.4 is 21.5 Å². The van der Waals surface area contributed by atoms with E-state index in [9.17, 15) is 29.7 Å². The zero-order valence-corrected chi connectivity index (χ0v) is 11.6. The van der Waals surface area contributed by atoms with E-state index in [1.807, 2.05) is 0 Å². The zero-order valence-electron chi connectivity index (χ0n) is 11.6. The van der Waals surface area contributed by atoms with E-state index in [4.69, 9.17) is 0 Å². The third-order valence-electron chi connectivity index (χ3n) is 1.36. The second-order valence-electron chi connectivity index (χ2n) is 3.37. The third-order valence-corrected chi connectivity index (χ3v) is 1.36. The molecule has 0 atom stereocenters. The van der Waals surface area contributed by atoms with Crippen molar-refractivity contribution in [2.75, 3.05) is 0 Å². The molecule has 0 aromatic rings. The van der Waals surface area contributed by atoms with E-state index < -0.39 is 17.9 Å². The Balaban J connectivity index is -0.0000000865. The molecule has 19 heavy (non-hydrogen) atoms. The topological polar surface area (TPSA) is 151 Å². The maximum Gasteiger partial charge on any atom is 3.00 e. The number of rotatable bonds is 6. The lowest BCUT2D eigenvalue weighted by molar-refractivity contribution is -0.307. The first-order valence-corrected chi connectivity index (χ1v) is 5.91. The van der Waals surface area contributed by atoms with Crippen molar-refractivity contribution in [2.45, 2.75) is 59.3 Å². The van der Waals surface area contributed by atoms with Gasteiger partial charge in [-0.05, 0) is 19.3 Å². The molecule has 0 saturated carbocycles. The van der Waals surface area contributed by atoms with E-state index in [0.29, 0.717) is 19.3 Å². The standard InChI is InChI=1S/3C4H8O2.N/c3*1-2-3-4(5)6;/h3*2-3H2,1H3,(H,5,6);/q;;;+3/p-3. The van der Waals surface area contributed by atoms with Crippen LogP contribution in [0.25, 0.3) is 0 Å². The summed E-state index contributed by atoms with van der Waals surface area (Å²) in [5.41, 5.74) is 0. The van der Waals surface area contributed by atoms with E-state index in [0.717, 1.165) is 0 Å². The third kappa shape index (κ3) is 63.4. The number of hydrogen-bond donors (Lipinski definition) is 0. The predicted octanol–water partition coefficient (Wildman–Crippen LogP) is -1.87. The molecule has 0 aliphatic carbocycles. The smallest absolute Gasteiger partial charge is 0.550 e. The van der Waals surface area contributed by atoms with Crippen molar-refractivity contribution in [1.82, 2.24) is 6.15 Å². The maximum atomic E-state index is 9.49. The van der Waals surface area contributed by atoms with Gasteiger partial charge >= 0.3 is 6.15 Å². The molecule has 0 aromatic carbocycles. The zero-order chi connectivity index (χ0) is 15.0. The Hall–Kier alpha value is -1.88. The second-order valence-corrected chi connectivity index (χ2v) is 3.37. The van der Waals surface area contributed by atoms with Gasteiger partial charge in [0.25, 0.3) is 0 Å². The molecule has 0 fully saturated rings. The van der Waals surface area contributed by atoms with Crippen molar-refractivity contribution >= 4 is 17.9 Å². The van der Waals surface area contributed by atoms with Gasteiger partial charge in [0, 0.05) is 17.9 Å². The van der Waals surface area contributed by atoms with Gasteiger partial charge in [-0.25, -0.2) is 0 Å². The quantitative estimate of drug-likeness (QED) is 0.553. The van der Waals surface area contributed by atoms with Crippen molar-refractivity contribution in [3.05, 3.63) is 0 Å². The normalized spacial score (nSPS) is 7.74. The first-order valence-electron chi connectivity index (χ1n) is 5.91. The van der Waals surface area contributed by atoms with E-state index in [2.05, 4.69) is 0 Å². The highest BCUT2D eigenvalue weighted by atomic mass is 16.4. The number of aliphatic carboxylic acids is 3. The molecule has 0 unspecified atom stereocenters. The predicted molar refractivity (Wildman–Crippen MR) is 61.9 cm³/mol. The highest BCUT2D eigenvalue weighted by molar-refractivity contribution is 5.64. The van der Waals surface area contributed by atoms with E-state index in [1.54, 1.807) is 20.8 Å². The minimum absolute atomic E-state index is 0. The number of carbonyl (C=O) groups is 3. The first-order chi connectivity index (χ1) is 8.31. The summed E-state index contributed by atoms with van der Waals surface area (Å²) in [4.78, 5) is 28.5. The summed E-state index contributed by atoms with van der Waals surface area (Å²) in [6.45, 7) is 5.40. The van der Waals surface area contributed by atoms with E-state index in [1.165, 1.54) is 0 Å². The summed E-state index contributed by atoms with van der Waals surface area (Å²) < 4.78 is 0. The Morgan fingerprint density at radius 3 is 0.789 bits per heavy atom. The fourth-order valence-electron chi connectivity index (χ4n) is 0.612. The van der Waals surface area contributed by atoms with E-state index in [-0.39, 0.29) is 25.4 Å². The molecule has 7 heteroatoms. The molecule has 0 aliphatic heterocycles. The molecule has 0 bridgehead atoms. The number of nitrogens with zero attached hydrogens (tertiary/aromatic N) is 1. The van der Waals surface area contributed by atoms with Gasteiger partial charge in [0.1, 0.15) is 0 Å². The highest BCUT2D eigenvalue weighted by Gasteiger charge is 3.00. The fourth-order valence-corrected chi connectivity index (χ4v) is 0.612. The monoisotopic (exact) mass is 275 g/mol. The maximum absolute atomic E-state index is 9.49. The molecular weight excluding hydrogens is 254 g/mol. The fraction of sp³-hybridized carbons (Fsp3) is 0.750. The average molecular weight is 275 g/mol. The molecule has 0 rings (SSSR count). The molecule has 0 aliphatic rings. The molecule has 2 radical (unpaired) electrons. The molecule has 0 N–H and O–H groups in total. The van der Waals surface area contributed by atoms with Crippen molar-refractivity contribution in [3.8, 4) is 0 Å². The average Bonchev–Trinajstić information content (AvgIpc) is 2.18. The Kier molecular flexibility index (Phi) is 29.1. The first kappa shape index (κ1) is 25.8.